The lowest BCUT2D eigenvalue weighted by Crippen LogP contribution is -2.28. The van der Waals surface area contributed by atoms with Gasteiger partial charge < -0.3 is 10.2 Å². The van der Waals surface area contributed by atoms with Crippen molar-refractivity contribution in [1.82, 2.24) is 0 Å². The first-order valence-corrected chi connectivity index (χ1v) is 19.2. The summed E-state index contributed by atoms with van der Waals surface area (Å²) in [6.45, 7) is 0.268. The summed E-state index contributed by atoms with van der Waals surface area (Å²) in [7, 11) is 0. The van der Waals surface area contributed by atoms with Crippen molar-refractivity contribution in [3.8, 4) is 11.1 Å². The van der Waals surface area contributed by atoms with Gasteiger partial charge in [-0.3, -0.25) is 0 Å². The van der Waals surface area contributed by atoms with Gasteiger partial charge in [0.2, 0.25) is 0 Å². The second kappa shape index (κ2) is 14.8. The van der Waals surface area contributed by atoms with Gasteiger partial charge in [0.15, 0.2) is 0 Å². The highest BCUT2D eigenvalue weighted by Gasteiger charge is 2.46. The summed E-state index contributed by atoms with van der Waals surface area (Å²) >= 11 is 6.95. The van der Waals surface area contributed by atoms with E-state index in [2.05, 4.69) is 146 Å². The summed E-state index contributed by atoms with van der Waals surface area (Å²) in [6, 6.07) is 52.6. The Balaban J connectivity index is 1.48. The van der Waals surface area contributed by atoms with E-state index in [4.69, 9.17) is 0 Å². The molecular formula is C41H34O2S4. The van der Waals surface area contributed by atoms with E-state index in [9.17, 15) is 10.2 Å². The lowest BCUT2D eigenvalue weighted by Gasteiger charge is -2.35. The predicted octanol–water partition coefficient (Wildman–Crippen LogP) is 10.5. The number of aliphatic hydroxyl groups is 2. The molecule has 0 spiro atoms. The highest BCUT2D eigenvalue weighted by molar-refractivity contribution is 8.02. The summed E-state index contributed by atoms with van der Waals surface area (Å²) in [5.74, 6) is 1.29. The molecule has 2 N–H and O–H groups in total. The van der Waals surface area contributed by atoms with E-state index < -0.39 is 5.41 Å². The first kappa shape index (κ1) is 32.2. The normalized spacial score (nSPS) is 12.9. The second-order valence-electron chi connectivity index (χ2n) is 11.1. The first-order valence-electron chi connectivity index (χ1n) is 15.6. The minimum Gasteiger partial charge on any atom is -0.396 e. The third-order valence-corrected chi connectivity index (χ3v) is 12.8. The van der Waals surface area contributed by atoms with Gasteiger partial charge in [0.25, 0.3) is 0 Å². The molecule has 0 bridgehead atoms. The molecule has 0 unspecified atom stereocenters. The SMILES string of the molecule is OCCSc1ccc(C2(c3ccc(SCCO)c(Sc4ccccc4)c3)c3ccccc3-c3ccccc32)cc1Sc1ccccc1. The topological polar surface area (TPSA) is 40.5 Å². The molecule has 0 aliphatic heterocycles. The quantitative estimate of drug-likeness (QED) is 0.125. The fourth-order valence-electron chi connectivity index (χ4n) is 6.45. The van der Waals surface area contributed by atoms with E-state index in [1.54, 1.807) is 47.0 Å². The van der Waals surface area contributed by atoms with Gasteiger partial charge in [-0.15, -0.1) is 23.5 Å². The van der Waals surface area contributed by atoms with Crippen LogP contribution in [0.5, 0.6) is 0 Å². The fourth-order valence-corrected chi connectivity index (χ4v) is 10.2. The van der Waals surface area contributed by atoms with Crippen molar-refractivity contribution in [2.75, 3.05) is 24.7 Å². The Morgan fingerprint density at radius 3 is 1.26 bits per heavy atom. The molecule has 7 rings (SSSR count). The van der Waals surface area contributed by atoms with E-state index in [1.165, 1.54) is 62.8 Å². The van der Waals surface area contributed by atoms with Crippen molar-refractivity contribution in [1.29, 1.82) is 0 Å². The lowest BCUT2D eigenvalue weighted by atomic mass is 9.68. The van der Waals surface area contributed by atoms with Crippen molar-refractivity contribution in [2.24, 2.45) is 0 Å². The molecule has 0 heterocycles. The van der Waals surface area contributed by atoms with Gasteiger partial charge in [-0.05, 0) is 81.9 Å². The molecule has 0 aromatic heterocycles. The van der Waals surface area contributed by atoms with Gasteiger partial charge in [-0.25, -0.2) is 0 Å². The number of aliphatic hydroxyl groups excluding tert-OH is 2. The van der Waals surface area contributed by atoms with Gasteiger partial charge in [0.1, 0.15) is 0 Å². The molecule has 1 aliphatic rings. The van der Waals surface area contributed by atoms with Crippen molar-refractivity contribution >= 4 is 47.0 Å². The Morgan fingerprint density at radius 1 is 0.426 bits per heavy atom. The van der Waals surface area contributed by atoms with Crippen LogP contribution in [0.1, 0.15) is 22.3 Å². The lowest BCUT2D eigenvalue weighted by molar-refractivity contribution is 0.322. The van der Waals surface area contributed by atoms with Crippen LogP contribution in [0.2, 0.25) is 0 Å². The molecule has 234 valence electrons. The number of benzene rings is 6. The molecule has 0 amide bonds. The summed E-state index contributed by atoms with van der Waals surface area (Å²) in [5.41, 5.74) is 6.95. The van der Waals surface area contributed by atoms with Crippen LogP contribution in [-0.2, 0) is 5.41 Å². The molecule has 0 radical (unpaired) electrons. The Kier molecular flexibility index (Phi) is 10.2. The zero-order valence-electron chi connectivity index (χ0n) is 25.7. The van der Waals surface area contributed by atoms with Gasteiger partial charge in [-0.2, -0.15) is 0 Å². The van der Waals surface area contributed by atoms with Gasteiger partial charge in [0.05, 0.1) is 18.6 Å². The molecule has 2 nitrogen and oxygen atoms in total. The third-order valence-electron chi connectivity index (χ3n) is 8.35. The number of hydrogen-bond acceptors (Lipinski definition) is 6. The maximum absolute atomic E-state index is 9.71. The fraction of sp³-hybridized carbons (Fsp3) is 0.122. The van der Waals surface area contributed by atoms with Crippen molar-refractivity contribution < 1.29 is 10.2 Å². The average Bonchev–Trinajstić information content (AvgIpc) is 3.42. The number of hydrogen-bond donors (Lipinski definition) is 2. The first-order chi connectivity index (χ1) is 23.2. The minimum absolute atomic E-state index is 0.134. The standard InChI is InChI=1S/C41H34O2S4/c42-23-25-44-37-21-19-29(27-39(37)46-31-11-3-1-4-12-31)41(35-17-9-7-15-33(35)34-16-8-10-18-36(34)41)30-20-22-38(45-26-24-43)40(28-30)47-32-13-5-2-6-14-32/h1-22,27-28,42-43H,23-26H2. The largest absolute Gasteiger partial charge is 0.396 e. The van der Waals surface area contributed by atoms with Gasteiger partial charge in [-0.1, -0.05) is 121 Å². The molecule has 0 saturated heterocycles. The predicted molar refractivity (Wildman–Crippen MR) is 200 cm³/mol. The third kappa shape index (κ3) is 6.43. The number of fused-ring (bicyclic) bond motifs is 3. The minimum atomic E-state index is -0.550. The van der Waals surface area contributed by atoms with E-state index in [1.807, 2.05) is 0 Å². The van der Waals surface area contributed by atoms with E-state index in [0.717, 1.165) is 0 Å². The second-order valence-corrected chi connectivity index (χ2v) is 15.6. The van der Waals surface area contributed by atoms with E-state index >= 15 is 0 Å². The van der Waals surface area contributed by atoms with Crippen LogP contribution < -0.4 is 0 Å². The van der Waals surface area contributed by atoms with Gasteiger partial charge >= 0.3 is 0 Å². The smallest absolute Gasteiger partial charge is 0.0714 e. The summed E-state index contributed by atoms with van der Waals surface area (Å²) in [5, 5.41) is 19.4. The molecule has 6 aromatic carbocycles. The van der Waals surface area contributed by atoms with E-state index in [0.29, 0.717) is 11.5 Å². The Hall–Kier alpha value is -3.36. The van der Waals surface area contributed by atoms with Crippen LogP contribution >= 0.6 is 47.0 Å². The molecule has 0 atom stereocenters. The molecule has 0 fully saturated rings. The molecule has 47 heavy (non-hydrogen) atoms. The number of thioether (sulfide) groups is 2. The highest BCUT2D eigenvalue weighted by Crippen LogP contribution is 2.57. The van der Waals surface area contributed by atoms with Crippen LogP contribution in [0.25, 0.3) is 11.1 Å². The highest BCUT2D eigenvalue weighted by atomic mass is 32.2. The van der Waals surface area contributed by atoms with Crippen molar-refractivity contribution in [3.63, 3.8) is 0 Å². The Labute approximate surface area is 294 Å². The maximum Gasteiger partial charge on any atom is 0.0714 e. The van der Waals surface area contributed by atoms with Crippen LogP contribution in [-0.4, -0.2) is 34.9 Å². The number of rotatable bonds is 12. The van der Waals surface area contributed by atoms with Crippen LogP contribution in [0.15, 0.2) is 175 Å². The van der Waals surface area contributed by atoms with Crippen LogP contribution in [0, 0.1) is 0 Å². The molecular weight excluding hydrogens is 653 g/mol. The van der Waals surface area contributed by atoms with E-state index in [-0.39, 0.29) is 13.2 Å². The molecule has 0 saturated carbocycles. The van der Waals surface area contributed by atoms with Crippen LogP contribution in [0.4, 0.5) is 0 Å². The van der Waals surface area contributed by atoms with Crippen molar-refractivity contribution in [2.45, 2.75) is 34.8 Å². The maximum atomic E-state index is 9.71. The summed E-state index contributed by atoms with van der Waals surface area (Å²) in [6.07, 6.45) is 0. The zero-order valence-corrected chi connectivity index (χ0v) is 29.0. The van der Waals surface area contributed by atoms with Crippen molar-refractivity contribution in [3.05, 3.63) is 168 Å². The Morgan fingerprint density at radius 2 is 0.830 bits per heavy atom. The molecule has 6 heteroatoms. The Bertz CT molecular complexity index is 1830. The van der Waals surface area contributed by atoms with Crippen LogP contribution in [0.3, 0.4) is 0 Å². The summed E-state index contributed by atoms with van der Waals surface area (Å²) in [4.78, 5) is 7.07. The molecule has 1 aliphatic carbocycles. The molecule has 6 aromatic rings. The van der Waals surface area contributed by atoms with Gasteiger partial charge in [0, 0.05) is 40.9 Å². The monoisotopic (exact) mass is 686 g/mol. The zero-order chi connectivity index (χ0) is 32.1. The summed E-state index contributed by atoms with van der Waals surface area (Å²) < 4.78 is 0. The average molecular weight is 687 g/mol.